The Hall–Kier alpha value is -5.22. The van der Waals surface area contributed by atoms with Gasteiger partial charge < -0.3 is 24.7 Å². The molecule has 0 atom stereocenters. The van der Waals surface area contributed by atoms with Gasteiger partial charge in [0.25, 0.3) is 0 Å². The van der Waals surface area contributed by atoms with Crippen molar-refractivity contribution in [3.8, 4) is 34.1 Å². The highest BCUT2D eigenvalue weighted by Crippen LogP contribution is 2.25. The normalized spacial score (nSPS) is 10.8. The van der Waals surface area contributed by atoms with E-state index in [0.29, 0.717) is 45.7 Å². The van der Waals surface area contributed by atoms with E-state index < -0.39 is 5.97 Å². The minimum atomic E-state index is -1.25. The van der Waals surface area contributed by atoms with Gasteiger partial charge in [0.1, 0.15) is 35.6 Å². The molecular formula is C30H23ClN4O6. The number of hydrogen-bond donors (Lipinski definition) is 3. The summed E-state index contributed by atoms with van der Waals surface area (Å²) in [6, 6.07) is 18.4. The van der Waals surface area contributed by atoms with Crippen molar-refractivity contribution >= 4 is 29.2 Å². The molecule has 0 aliphatic heterocycles. The number of aromatic carboxylic acids is 1. The number of benzene rings is 3. The highest BCUT2D eigenvalue weighted by Gasteiger charge is 2.12. The number of ether oxygens (including phenoxy) is 1. The summed E-state index contributed by atoms with van der Waals surface area (Å²) in [6.07, 6.45) is 5.28. The van der Waals surface area contributed by atoms with Gasteiger partial charge in [-0.15, -0.1) is 0 Å². The van der Waals surface area contributed by atoms with Crippen molar-refractivity contribution in [3.63, 3.8) is 0 Å². The predicted octanol–water partition coefficient (Wildman–Crippen LogP) is 6.01. The van der Waals surface area contributed by atoms with Gasteiger partial charge in [0.15, 0.2) is 11.7 Å². The van der Waals surface area contributed by atoms with E-state index in [1.807, 2.05) is 18.2 Å². The largest absolute Gasteiger partial charge is 0.507 e. The van der Waals surface area contributed by atoms with Crippen molar-refractivity contribution < 1.29 is 29.0 Å². The topological polar surface area (TPSA) is 148 Å². The zero-order valence-electron chi connectivity index (χ0n) is 21.5. The number of halogens is 1. The summed E-state index contributed by atoms with van der Waals surface area (Å²) in [7, 11) is 0. The Kier molecular flexibility index (Phi) is 8.21. The molecule has 2 aromatic heterocycles. The highest BCUT2D eigenvalue weighted by atomic mass is 35.5. The summed E-state index contributed by atoms with van der Waals surface area (Å²) in [5, 5.41) is 22.3. The molecule has 3 N–H and O–H groups in total. The second-order valence-corrected chi connectivity index (χ2v) is 9.39. The average Bonchev–Trinajstić information content (AvgIpc) is 3.45. The predicted molar refractivity (Wildman–Crippen MR) is 151 cm³/mol. The number of carbonyl (C=O) groups is 2. The lowest BCUT2D eigenvalue weighted by atomic mass is 10.1. The fourth-order valence-electron chi connectivity index (χ4n) is 3.88. The first-order valence-corrected chi connectivity index (χ1v) is 12.8. The van der Waals surface area contributed by atoms with Crippen molar-refractivity contribution in [2.24, 2.45) is 0 Å². The van der Waals surface area contributed by atoms with Gasteiger partial charge in [0, 0.05) is 52.6 Å². The lowest BCUT2D eigenvalue weighted by Gasteiger charge is -2.09. The summed E-state index contributed by atoms with van der Waals surface area (Å²) < 4.78 is 11.1. The number of aromatic nitrogens is 3. The molecule has 0 radical (unpaired) electrons. The van der Waals surface area contributed by atoms with Crippen LogP contribution in [-0.2, 0) is 17.8 Å². The SMILES string of the molecule is O=C(CCc1nc(-c2ccc(Cl)cc2)co1)Nc1cccc(-c2ncc(COc3ccc(O)c(C(=O)O)c3)cn2)c1. The van der Waals surface area contributed by atoms with Crippen molar-refractivity contribution in [1.29, 1.82) is 0 Å². The Morgan fingerprint density at radius 2 is 1.76 bits per heavy atom. The Labute approximate surface area is 239 Å². The van der Waals surface area contributed by atoms with Crippen LogP contribution in [-0.4, -0.2) is 37.0 Å². The van der Waals surface area contributed by atoms with Gasteiger partial charge in [0.2, 0.25) is 5.91 Å². The minimum absolute atomic E-state index is 0.103. The van der Waals surface area contributed by atoms with Gasteiger partial charge in [-0.1, -0.05) is 35.9 Å². The van der Waals surface area contributed by atoms with E-state index in [9.17, 15) is 14.7 Å². The number of phenols is 1. The number of anilines is 1. The van der Waals surface area contributed by atoms with Crippen LogP contribution in [0.25, 0.3) is 22.6 Å². The molecule has 11 heteroatoms. The third kappa shape index (κ3) is 7.06. The second-order valence-electron chi connectivity index (χ2n) is 8.95. The van der Waals surface area contributed by atoms with Gasteiger partial charge in [-0.05, 0) is 42.5 Å². The number of hydrogen-bond acceptors (Lipinski definition) is 8. The Morgan fingerprint density at radius 3 is 2.51 bits per heavy atom. The lowest BCUT2D eigenvalue weighted by molar-refractivity contribution is -0.116. The maximum Gasteiger partial charge on any atom is 0.339 e. The summed E-state index contributed by atoms with van der Waals surface area (Å²) >= 11 is 5.93. The van der Waals surface area contributed by atoms with Crippen molar-refractivity contribution in [2.45, 2.75) is 19.4 Å². The first-order valence-electron chi connectivity index (χ1n) is 12.4. The van der Waals surface area contributed by atoms with E-state index in [1.54, 1.807) is 49.0 Å². The van der Waals surface area contributed by atoms with Crippen LogP contribution in [0.2, 0.25) is 5.02 Å². The zero-order chi connectivity index (χ0) is 28.8. The van der Waals surface area contributed by atoms with Crippen LogP contribution in [0.3, 0.4) is 0 Å². The van der Waals surface area contributed by atoms with Crippen molar-refractivity contribution in [2.75, 3.05) is 5.32 Å². The van der Waals surface area contributed by atoms with Crippen LogP contribution < -0.4 is 10.1 Å². The van der Waals surface area contributed by atoms with Crippen LogP contribution in [0.5, 0.6) is 11.5 Å². The molecule has 0 saturated heterocycles. The maximum absolute atomic E-state index is 12.6. The number of nitrogens with zero attached hydrogens (tertiary/aromatic N) is 3. The number of carboxylic acids is 1. The van der Waals surface area contributed by atoms with Crippen molar-refractivity contribution in [3.05, 3.63) is 107 Å². The molecule has 206 valence electrons. The Bertz CT molecular complexity index is 1690. The maximum atomic E-state index is 12.6. The smallest absolute Gasteiger partial charge is 0.339 e. The first-order chi connectivity index (χ1) is 19.8. The van der Waals surface area contributed by atoms with E-state index in [1.165, 1.54) is 18.2 Å². The van der Waals surface area contributed by atoms with Gasteiger partial charge in [-0.25, -0.2) is 19.7 Å². The number of aromatic hydroxyl groups is 1. The molecule has 0 aliphatic rings. The number of carboxylic acid groups (broad SMARTS) is 1. The molecule has 0 fully saturated rings. The fraction of sp³-hybridized carbons (Fsp3) is 0.100. The molecule has 0 saturated carbocycles. The average molecular weight is 571 g/mol. The van der Waals surface area contributed by atoms with Crippen LogP contribution in [0.15, 0.2) is 89.8 Å². The van der Waals surface area contributed by atoms with Crippen molar-refractivity contribution in [1.82, 2.24) is 15.0 Å². The second kappa shape index (κ2) is 12.3. The first kappa shape index (κ1) is 27.4. The standard InChI is InChI=1S/C30H23ClN4O6/c31-21-6-4-19(5-7-21)25-17-41-28(35-25)11-10-27(37)34-22-3-1-2-20(12-22)29-32-14-18(15-33-29)16-40-23-8-9-26(36)24(13-23)30(38)39/h1-9,12-15,17,36H,10-11,16H2,(H,34,37)(H,38,39). The number of nitrogens with one attached hydrogen (secondary N) is 1. The Morgan fingerprint density at radius 1 is 0.976 bits per heavy atom. The number of amides is 1. The summed E-state index contributed by atoms with van der Waals surface area (Å²) in [5.74, 6) is -0.576. The minimum Gasteiger partial charge on any atom is -0.507 e. The number of aryl methyl sites for hydroxylation is 1. The molecule has 5 aromatic rings. The van der Waals surface area contributed by atoms with E-state index >= 15 is 0 Å². The molecule has 10 nitrogen and oxygen atoms in total. The third-order valence-corrected chi connectivity index (χ3v) is 6.22. The number of oxazole rings is 1. The van der Waals surface area contributed by atoms with Crippen LogP contribution in [0.4, 0.5) is 5.69 Å². The molecule has 0 spiro atoms. The van der Waals surface area contributed by atoms with Crippen LogP contribution in [0.1, 0.15) is 28.2 Å². The van der Waals surface area contributed by atoms with Crippen LogP contribution in [0, 0.1) is 0 Å². The monoisotopic (exact) mass is 570 g/mol. The molecular weight excluding hydrogens is 548 g/mol. The quantitative estimate of drug-likeness (QED) is 0.184. The molecule has 1 amide bonds. The van der Waals surface area contributed by atoms with E-state index in [0.717, 1.165) is 5.56 Å². The molecule has 41 heavy (non-hydrogen) atoms. The highest BCUT2D eigenvalue weighted by molar-refractivity contribution is 6.30. The Balaban J connectivity index is 1.15. The number of rotatable bonds is 10. The summed E-state index contributed by atoms with van der Waals surface area (Å²) in [6.45, 7) is 0.103. The number of carbonyl (C=O) groups excluding carboxylic acids is 1. The fourth-order valence-corrected chi connectivity index (χ4v) is 4.01. The van der Waals surface area contributed by atoms with Crippen LogP contribution >= 0.6 is 11.6 Å². The molecule has 0 bridgehead atoms. The summed E-state index contributed by atoms with van der Waals surface area (Å²) in [5.41, 5.74) is 3.27. The third-order valence-electron chi connectivity index (χ3n) is 5.97. The molecule has 5 rings (SSSR count). The van der Waals surface area contributed by atoms with E-state index in [2.05, 4.69) is 20.3 Å². The molecule has 2 heterocycles. The van der Waals surface area contributed by atoms with Gasteiger partial charge >= 0.3 is 5.97 Å². The van der Waals surface area contributed by atoms with Gasteiger partial charge in [-0.2, -0.15) is 0 Å². The lowest BCUT2D eigenvalue weighted by Crippen LogP contribution is -2.12. The molecule has 0 aliphatic carbocycles. The van der Waals surface area contributed by atoms with E-state index in [-0.39, 0.29) is 36.0 Å². The van der Waals surface area contributed by atoms with Gasteiger partial charge in [-0.3, -0.25) is 4.79 Å². The van der Waals surface area contributed by atoms with E-state index in [4.69, 9.17) is 25.9 Å². The molecule has 3 aromatic carbocycles. The zero-order valence-corrected chi connectivity index (χ0v) is 22.2. The van der Waals surface area contributed by atoms with Gasteiger partial charge in [0.05, 0.1) is 0 Å². The molecule has 0 unspecified atom stereocenters. The summed E-state index contributed by atoms with van der Waals surface area (Å²) in [4.78, 5) is 37.0.